The lowest BCUT2D eigenvalue weighted by atomic mass is 9.95. The van der Waals surface area contributed by atoms with Gasteiger partial charge in [-0.3, -0.25) is 9.78 Å². The second-order valence-corrected chi connectivity index (χ2v) is 4.01. The third-order valence-electron chi connectivity index (χ3n) is 2.77. The van der Waals surface area contributed by atoms with E-state index in [1.807, 2.05) is 6.92 Å². The summed E-state index contributed by atoms with van der Waals surface area (Å²) >= 11 is 0. The first kappa shape index (κ1) is 12.0. The van der Waals surface area contributed by atoms with Crippen molar-refractivity contribution in [1.29, 1.82) is 0 Å². The van der Waals surface area contributed by atoms with E-state index in [9.17, 15) is 4.79 Å². The Balaban J connectivity index is 2.15. The lowest BCUT2D eigenvalue weighted by Crippen LogP contribution is -2.34. The van der Waals surface area contributed by atoms with E-state index in [2.05, 4.69) is 4.98 Å². The van der Waals surface area contributed by atoms with Crippen molar-refractivity contribution in [2.45, 2.75) is 13.0 Å². The second kappa shape index (κ2) is 5.25. The Kier molecular flexibility index (Phi) is 3.71. The Labute approximate surface area is 99.9 Å². The first-order valence-electron chi connectivity index (χ1n) is 5.67. The first-order chi connectivity index (χ1) is 8.22. The quantitative estimate of drug-likeness (QED) is 0.776. The Morgan fingerprint density at radius 3 is 3.06 bits per heavy atom. The van der Waals surface area contributed by atoms with Gasteiger partial charge in [0.05, 0.1) is 31.9 Å². The normalized spacial score (nSPS) is 23.6. The van der Waals surface area contributed by atoms with E-state index < -0.39 is 0 Å². The smallest absolute Gasteiger partial charge is 0.171 e. The number of ether oxygens (including phenoxy) is 2. The largest absolute Gasteiger partial charge is 0.492 e. The summed E-state index contributed by atoms with van der Waals surface area (Å²) in [5, 5.41) is 0. The van der Waals surface area contributed by atoms with Crippen LogP contribution in [0.4, 0.5) is 0 Å². The number of nitrogens with two attached hydrogens (primary N) is 1. The van der Waals surface area contributed by atoms with Crippen LogP contribution in [0.25, 0.3) is 0 Å². The fourth-order valence-electron chi connectivity index (χ4n) is 1.85. The molecular weight excluding hydrogens is 220 g/mol. The lowest BCUT2D eigenvalue weighted by molar-refractivity contribution is 0.0895. The average molecular weight is 236 g/mol. The van der Waals surface area contributed by atoms with Crippen LogP contribution in [0.5, 0.6) is 5.75 Å². The minimum atomic E-state index is -0.270. The summed E-state index contributed by atoms with van der Waals surface area (Å²) in [5.74, 6) is 0.309. The maximum absolute atomic E-state index is 12.2. The molecule has 5 nitrogen and oxygen atoms in total. The van der Waals surface area contributed by atoms with Crippen molar-refractivity contribution < 1.29 is 14.3 Å². The zero-order valence-corrected chi connectivity index (χ0v) is 9.76. The number of hydrogen-bond donors (Lipinski definition) is 1. The Morgan fingerprint density at radius 2 is 2.41 bits per heavy atom. The van der Waals surface area contributed by atoms with Crippen LogP contribution in [0.1, 0.15) is 17.3 Å². The molecule has 17 heavy (non-hydrogen) atoms. The van der Waals surface area contributed by atoms with Gasteiger partial charge in [-0.05, 0) is 13.0 Å². The summed E-state index contributed by atoms with van der Waals surface area (Å²) in [6.45, 7) is 3.26. The molecule has 0 bridgehead atoms. The van der Waals surface area contributed by atoms with Crippen molar-refractivity contribution in [3.8, 4) is 5.75 Å². The van der Waals surface area contributed by atoms with Gasteiger partial charge in [-0.15, -0.1) is 0 Å². The molecule has 1 aliphatic heterocycles. The molecule has 0 spiro atoms. The van der Waals surface area contributed by atoms with E-state index in [0.717, 1.165) is 0 Å². The molecule has 2 rings (SSSR count). The molecule has 2 atom stereocenters. The lowest BCUT2D eigenvalue weighted by Gasteiger charge is -2.12. The van der Waals surface area contributed by atoms with Crippen molar-refractivity contribution in [2.75, 3.05) is 19.8 Å². The number of hydrogen-bond acceptors (Lipinski definition) is 5. The fourth-order valence-corrected chi connectivity index (χ4v) is 1.85. The molecule has 1 aliphatic rings. The number of aromatic nitrogens is 1. The van der Waals surface area contributed by atoms with Crippen LogP contribution >= 0.6 is 0 Å². The van der Waals surface area contributed by atoms with E-state index in [1.54, 1.807) is 12.3 Å². The van der Waals surface area contributed by atoms with Crippen LogP contribution in [0.3, 0.4) is 0 Å². The molecule has 2 heterocycles. The Morgan fingerprint density at radius 1 is 1.59 bits per heavy atom. The van der Waals surface area contributed by atoms with E-state index in [0.29, 0.717) is 31.1 Å². The number of carbonyl (C=O) groups excluding carboxylic acids is 1. The molecule has 0 aliphatic carbocycles. The second-order valence-electron chi connectivity index (χ2n) is 4.01. The fraction of sp³-hybridized carbons (Fsp3) is 0.500. The summed E-state index contributed by atoms with van der Waals surface area (Å²) < 4.78 is 10.5. The predicted molar refractivity (Wildman–Crippen MR) is 62.0 cm³/mol. The van der Waals surface area contributed by atoms with Crippen LogP contribution in [0.15, 0.2) is 18.5 Å². The van der Waals surface area contributed by atoms with Gasteiger partial charge in [0.25, 0.3) is 0 Å². The van der Waals surface area contributed by atoms with Gasteiger partial charge in [0.2, 0.25) is 0 Å². The molecular formula is C12H16N2O3. The van der Waals surface area contributed by atoms with Gasteiger partial charge >= 0.3 is 0 Å². The zero-order chi connectivity index (χ0) is 12.3. The SMILES string of the molecule is CCOc1cncc(C(=O)C2COCC2N)c1. The molecule has 5 heteroatoms. The number of ketones is 1. The van der Waals surface area contributed by atoms with Crippen molar-refractivity contribution in [3.05, 3.63) is 24.0 Å². The first-order valence-corrected chi connectivity index (χ1v) is 5.67. The topological polar surface area (TPSA) is 74.4 Å². The molecule has 0 radical (unpaired) electrons. The summed E-state index contributed by atoms with van der Waals surface area (Å²) in [5.41, 5.74) is 6.35. The summed E-state index contributed by atoms with van der Waals surface area (Å²) in [6.07, 6.45) is 3.13. The van der Waals surface area contributed by atoms with Crippen molar-refractivity contribution in [1.82, 2.24) is 4.98 Å². The molecule has 2 N–H and O–H groups in total. The standard InChI is InChI=1S/C12H16N2O3/c1-2-17-9-3-8(4-14-5-9)12(15)10-6-16-7-11(10)13/h3-5,10-11H,2,6-7,13H2,1H3. The number of pyridine rings is 1. The van der Waals surface area contributed by atoms with Crippen molar-refractivity contribution >= 4 is 5.78 Å². The van der Waals surface area contributed by atoms with Gasteiger partial charge in [-0.25, -0.2) is 0 Å². The van der Waals surface area contributed by atoms with Gasteiger partial charge in [0, 0.05) is 17.8 Å². The molecule has 0 amide bonds. The molecule has 1 aromatic heterocycles. The third-order valence-corrected chi connectivity index (χ3v) is 2.77. The molecule has 0 aromatic carbocycles. The van der Waals surface area contributed by atoms with Gasteiger partial charge < -0.3 is 15.2 Å². The number of rotatable bonds is 4. The molecule has 2 unspecified atom stereocenters. The van der Waals surface area contributed by atoms with Gasteiger partial charge in [-0.2, -0.15) is 0 Å². The van der Waals surface area contributed by atoms with Gasteiger partial charge in [-0.1, -0.05) is 0 Å². The van der Waals surface area contributed by atoms with Crippen molar-refractivity contribution in [2.24, 2.45) is 11.7 Å². The number of Topliss-reactive ketones (excluding diaryl/α,β-unsaturated/α-hetero) is 1. The van der Waals surface area contributed by atoms with E-state index >= 15 is 0 Å². The van der Waals surface area contributed by atoms with E-state index in [4.69, 9.17) is 15.2 Å². The third kappa shape index (κ3) is 2.62. The van der Waals surface area contributed by atoms with Crippen molar-refractivity contribution in [3.63, 3.8) is 0 Å². The molecule has 0 saturated carbocycles. The summed E-state index contributed by atoms with van der Waals surface area (Å²) in [4.78, 5) is 16.2. The highest BCUT2D eigenvalue weighted by molar-refractivity contribution is 5.98. The molecule has 92 valence electrons. The predicted octanol–water partition coefficient (Wildman–Crippen LogP) is 0.637. The number of carbonyl (C=O) groups is 1. The van der Waals surface area contributed by atoms with E-state index in [1.165, 1.54) is 6.20 Å². The maximum atomic E-state index is 12.2. The molecule has 1 aromatic rings. The van der Waals surface area contributed by atoms with E-state index in [-0.39, 0.29) is 17.7 Å². The minimum Gasteiger partial charge on any atom is -0.492 e. The Hall–Kier alpha value is -1.46. The average Bonchev–Trinajstić information content (AvgIpc) is 2.75. The van der Waals surface area contributed by atoms with Gasteiger partial charge in [0.15, 0.2) is 5.78 Å². The van der Waals surface area contributed by atoms with Crippen LogP contribution in [0, 0.1) is 5.92 Å². The highest BCUT2D eigenvalue weighted by Crippen LogP contribution is 2.20. The Bertz CT molecular complexity index is 408. The molecule has 1 fully saturated rings. The maximum Gasteiger partial charge on any atom is 0.171 e. The van der Waals surface area contributed by atoms with Crippen LogP contribution in [-0.2, 0) is 4.74 Å². The monoisotopic (exact) mass is 236 g/mol. The van der Waals surface area contributed by atoms with Crippen LogP contribution < -0.4 is 10.5 Å². The highest BCUT2D eigenvalue weighted by Gasteiger charge is 2.32. The number of nitrogens with zero attached hydrogens (tertiary/aromatic N) is 1. The van der Waals surface area contributed by atoms with Gasteiger partial charge in [0.1, 0.15) is 5.75 Å². The van der Waals surface area contributed by atoms with Crippen LogP contribution in [-0.4, -0.2) is 36.6 Å². The highest BCUT2D eigenvalue weighted by atomic mass is 16.5. The van der Waals surface area contributed by atoms with Crippen LogP contribution in [0.2, 0.25) is 0 Å². The summed E-state index contributed by atoms with van der Waals surface area (Å²) in [6, 6.07) is 1.47. The summed E-state index contributed by atoms with van der Waals surface area (Å²) in [7, 11) is 0. The molecule has 1 saturated heterocycles. The minimum absolute atomic E-state index is 0.0240. The zero-order valence-electron chi connectivity index (χ0n) is 9.76.